The summed E-state index contributed by atoms with van der Waals surface area (Å²) in [4.78, 5) is 0. The van der Waals surface area contributed by atoms with Gasteiger partial charge in [-0.05, 0) is 25.8 Å². The van der Waals surface area contributed by atoms with Crippen LogP contribution in [0.1, 0.15) is 19.8 Å². The molecule has 80 valence electrons. The van der Waals surface area contributed by atoms with Gasteiger partial charge in [0.2, 0.25) is 0 Å². The quantitative estimate of drug-likeness (QED) is 0.278. The fourth-order valence-electron chi connectivity index (χ4n) is 1.01. The van der Waals surface area contributed by atoms with Gasteiger partial charge in [0.15, 0.2) is 6.40 Å². The minimum Gasteiger partial charge on any atom is -0.479 e. The zero-order valence-corrected chi connectivity index (χ0v) is 8.39. The second kappa shape index (κ2) is 5.49. The number of aliphatic hydroxyl groups excluding tert-OH is 1. The number of allylic oxidation sites excluding steroid dienone is 1. The van der Waals surface area contributed by atoms with Crippen molar-refractivity contribution in [2.24, 2.45) is 10.8 Å². The highest BCUT2D eigenvalue weighted by Gasteiger charge is 2.29. The molecule has 1 rings (SSSR count). The van der Waals surface area contributed by atoms with E-state index in [-0.39, 0.29) is 13.2 Å². The number of ether oxygens (including phenoxy) is 1. The summed E-state index contributed by atoms with van der Waals surface area (Å²) in [6.07, 6.45) is 5.37. The fraction of sp³-hybridized carbons (Fsp3) is 0.667. The van der Waals surface area contributed by atoms with E-state index in [2.05, 4.69) is 5.10 Å². The average molecular weight is 199 g/mol. The standard InChI is InChI=1S/C9H17N3O2/c1-2-9(10)12(8-3-4-8)11-7-14-6-5-13/h2,7-8,13H,3-6,10H2,1H3/b9-2-,11-7+. The first-order valence-corrected chi connectivity index (χ1v) is 4.75. The van der Waals surface area contributed by atoms with Crippen LogP contribution in [0.5, 0.6) is 0 Å². The van der Waals surface area contributed by atoms with Crippen LogP contribution >= 0.6 is 0 Å². The molecule has 1 fully saturated rings. The maximum absolute atomic E-state index is 8.47. The topological polar surface area (TPSA) is 71.1 Å². The Kier molecular flexibility index (Phi) is 4.25. The molecular weight excluding hydrogens is 182 g/mol. The van der Waals surface area contributed by atoms with E-state index in [4.69, 9.17) is 15.6 Å². The largest absolute Gasteiger partial charge is 0.479 e. The minimum atomic E-state index is -0.00541. The molecule has 0 radical (unpaired) electrons. The van der Waals surface area contributed by atoms with Crippen LogP contribution in [0.4, 0.5) is 0 Å². The maximum Gasteiger partial charge on any atom is 0.193 e. The van der Waals surface area contributed by atoms with Crippen LogP contribution in [0, 0.1) is 0 Å². The lowest BCUT2D eigenvalue weighted by Crippen LogP contribution is -2.25. The number of aliphatic hydroxyl groups is 1. The maximum atomic E-state index is 8.47. The molecule has 1 saturated carbocycles. The van der Waals surface area contributed by atoms with Crippen molar-refractivity contribution in [3.63, 3.8) is 0 Å². The molecule has 1 aliphatic rings. The van der Waals surface area contributed by atoms with Crippen molar-refractivity contribution in [1.82, 2.24) is 5.01 Å². The summed E-state index contributed by atoms with van der Waals surface area (Å²) in [5.74, 6) is 0.636. The van der Waals surface area contributed by atoms with E-state index >= 15 is 0 Å². The average Bonchev–Trinajstić information content (AvgIpc) is 3.01. The van der Waals surface area contributed by atoms with Crippen molar-refractivity contribution >= 4 is 6.40 Å². The number of nitrogens with zero attached hydrogens (tertiary/aromatic N) is 2. The van der Waals surface area contributed by atoms with E-state index in [1.165, 1.54) is 6.40 Å². The first-order chi connectivity index (χ1) is 6.79. The summed E-state index contributed by atoms with van der Waals surface area (Å²) in [6.45, 7) is 2.13. The van der Waals surface area contributed by atoms with Gasteiger partial charge in [-0.2, -0.15) is 0 Å². The molecule has 0 aromatic heterocycles. The van der Waals surface area contributed by atoms with Crippen LogP contribution in [0.3, 0.4) is 0 Å². The summed E-state index contributed by atoms with van der Waals surface area (Å²) >= 11 is 0. The second-order valence-corrected chi connectivity index (χ2v) is 3.10. The Morgan fingerprint density at radius 2 is 2.43 bits per heavy atom. The molecule has 14 heavy (non-hydrogen) atoms. The van der Waals surface area contributed by atoms with Crippen LogP contribution in [0.25, 0.3) is 0 Å². The summed E-state index contributed by atoms with van der Waals surface area (Å²) in [7, 11) is 0. The number of hydrogen-bond donors (Lipinski definition) is 2. The molecule has 0 amide bonds. The van der Waals surface area contributed by atoms with Crippen LogP contribution in [-0.4, -0.2) is 35.8 Å². The normalized spacial score (nSPS) is 17.4. The zero-order valence-electron chi connectivity index (χ0n) is 8.39. The number of nitrogens with two attached hydrogens (primary N) is 1. The van der Waals surface area contributed by atoms with Crippen LogP contribution in [0.15, 0.2) is 17.0 Å². The van der Waals surface area contributed by atoms with E-state index in [0.29, 0.717) is 11.9 Å². The Morgan fingerprint density at radius 3 is 2.93 bits per heavy atom. The lowest BCUT2D eigenvalue weighted by molar-refractivity contribution is 0.195. The highest BCUT2D eigenvalue weighted by molar-refractivity contribution is 5.46. The van der Waals surface area contributed by atoms with Gasteiger partial charge in [0.05, 0.1) is 12.6 Å². The molecule has 0 unspecified atom stereocenters. The molecule has 5 heteroatoms. The van der Waals surface area contributed by atoms with Gasteiger partial charge in [-0.25, -0.2) is 5.01 Å². The van der Waals surface area contributed by atoms with Crippen molar-refractivity contribution in [2.45, 2.75) is 25.8 Å². The highest BCUT2D eigenvalue weighted by atomic mass is 16.5. The zero-order chi connectivity index (χ0) is 10.4. The van der Waals surface area contributed by atoms with Crippen molar-refractivity contribution in [1.29, 1.82) is 0 Å². The van der Waals surface area contributed by atoms with Crippen LogP contribution < -0.4 is 5.73 Å². The van der Waals surface area contributed by atoms with Gasteiger partial charge in [0.1, 0.15) is 12.4 Å². The SMILES string of the molecule is C/C=C(/N)N(/N=C/OCCO)C1CC1. The predicted molar refractivity (Wildman–Crippen MR) is 54.3 cm³/mol. The van der Waals surface area contributed by atoms with Gasteiger partial charge in [-0.3, -0.25) is 0 Å². The molecule has 3 N–H and O–H groups in total. The molecule has 0 saturated heterocycles. The molecule has 0 bridgehead atoms. The van der Waals surface area contributed by atoms with Crippen LogP contribution in [-0.2, 0) is 4.74 Å². The molecule has 0 atom stereocenters. The first kappa shape index (κ1) is 10.8. The summed E-state index contributed by atoms with van der Waals surface area (Å²) < 4.78 is 4.92. The van der Waals surface area contributed by atoms with E-state index in [1.807, 2.05) is 13.0 Å². The molecule has 5 nitrogen and oxygen atoms in total. The number of hydrogen-bond acceptors (Lipinski definition) is 5. The third-order valence-corrected chi connectivity index (χ3v) is 1.91. The first-order valence-electron chi connectivity index (χ1n) is 4.75. The molecule has 0 aromatic carbocycles. The third kappa shape index (κ3) is 3.26. The summed E-state index contributed by atoms with van der Waals surface area (Å²) in [5, 5.41) is 14.3. The van der Waals surface area contributed by atoms with Crippen molar-refractivity contribution in [3.8, 4) is 0 Å². The molecule has 0 spiro atoms. The molecule has 0 heterocycles. The Labute approximate surface area is 83.8 Å². The number of rotatable bonds is 6. The highest BCUT2D eigenvalue weighted by Crippen LogP contribution is 2.28. The third-order valence-electron chi connectivity index (χ3n) is 1.91. The van der Waals surface area contributed by atoms with E-state index < -0.39 is 0 Å². The molecule has 0 aromatic rings. The summed E-state index contributed by atoms with van der Waals surface area (Å²) in [5.41, 5.74) is 5.74. The van der Waals surface area contributed by atoms with E-state index in [1.54, 1.807) is 5.01 Å². The second-order valence-electron chi connectivity index (χ2n) is 3.10. The van der Waals surface area contributed by atoms with Gasteiger partial charge in [-0.1, -0.05) is 0 Å². The Bertz CT molecular complexity index is 224. The fourth-order valence-corrected chi connectivity index (χ4v) is 1.01. The van der Waals surface area contributed by atoms with Crippen molar-refractivity contribution < 1.29 is 9.84 Å². The van der Waals surface area contributed by atoms with Crippen LogP contribution in [0.2, 0.25) is 0 Å². The van der Waals surface area contributed by atoms with Crippen molar-refractivity contribution in [2.75, 3.05) is 13.2 Å². The van der Waals surface area contributed by atoms with Gasteiger partial charge < -0.3 is 15.6 Å². The lowest BCUT2D eigenvalue weighted by Gasteiger charge is -2.17. The molecule has 1 aliphatic carbocycles. The smallest absolute Gasteiger partial charge is 0.193 e. The van der Waals surface area contributed by atoms with Gasteiger partial charge in [0.25, 0.3) is 0 Å². The van der Waals surface area contributed by atoms with Gasteiger partial charge in [-0.15, -0.1) is 5.10 Å². The Morgan fingerprint density at radius 1 is 1.71 bits per heavy atom. The Hall–Kier alpha value is -1.23. The Balaban J connectivity index is 2.39. The number of hydrazone groups is 1. The monoisotopic (exact) mass is 199 g/mol. The molecule has 0 aliphatic heterocycles. The van der Waals surface area contributed by atoms with Gasteiger partial charge >= 0.3 is 0 Å². The van der Waals surface area contributed by atoms with Gasteiger partial charge in [0, 0.05) is 0 Å². The lowest BCUT2D eigenvalue weighted by atomic mass is 10.5. The van der Waals surface area contributed by atoms with Crippen molar-refractivity contribution in [3.05, 3.63) is 11.9 Å². The minimum absolute atomic E-state index is 0.00541. The molecular formula is C9H17N3O2. The van der Waals surface area contributed by atoms with E-state index in [0.717, 1.165) is 12.8 Å². The summed E-state index contributed by atoms with van der Waals surface area (Å²) in [6, 6.07) is 0.417. The van der Waals surface area contributed by atoms with E-state index in [9.17, 15) is 0 Å². The predicted octanol–water partition coefficient (Wildman–Crippen LogP) is 0.223.